The van der Waals surface area contributed by atoms with Gasteiger partial charge in [-0.3, -0.25) is 10.1 Å². The summed E-state index contributed by atoms with van der Waals surface area (Å²) in [5.41, 5.74) is -0.178. The molecular formula is C16H28N2O. The average Bonchev–Trinajstić information content (AvgIpc) is 3.08. The van der Waals surface area contributed by atoms with E-state index in [1.165, 1.54) is 32.1 Å². The van der Waals surface area contributed by atoms with Crippen LogP contribution in [0, 0.1) is 11.8 Å². The van der Waals surface area contributed by atoms with Crippen molar-refractivity contribution < 1.29 is 4.79 Å². The van der Waals surface area contributed by atoms with E-state index in [1.54, 1.807) is 0 Å². The lowest BCUT2D eigenvalue weighted by Gasteiger charge is -2.28. The van der Waals surface area contributed by atoms with Crippen LogP contribution in [0.2, 0.25) is 0 Å². The van der Waals surface area contributed by atoms with Gasteiger partial charge in [-0.1, -0.05) is 39.5 Å². The molecule has 0 aromatic carbocycles. The van der Waals surface area contributed by atoms with Crippen LogP contribution in [-0.4, -0.2) is 29.1 Å². The molecule has 19 heavy (non-hydrogen) atoms. The minimum Gasteiger partial charge on any atom is -0.325 e. The van der Waals surface area contributed by atoms with Crippen LogP contribution in [0.5, 0.6) is 0 Å². The van der Waals surface area contributed by atoms with Crippen molar-refractivity contribution in [2.75, 3.05) is 6.54 Å². The van der Waals surface area contributed by atoms with Gasteiger partial charge in [0.25, 0.3) is 0 Å². The van der Waals surface area contributed by atoms with Gasteiger partial charge in [0, 0.05) is 6.54 Å². The van der Waals surface area contributed by atoms with Gasteiger partial charge in [0.2, 0.25) is 5.91 Å². The molecule has 0 aromatic heterocycles. The molecule has 1 N–H and O–H groups in total. The van der Waals surface area contributed by atoms with Gasteiger partial charge in [0.05, 0.1) is 11.7 Å². The third kappa shape index (κ3) is 2.20. The second kappa shape index (κ2) is 5.08. The Labute approximate surface area is 117 Å². The zero-order valence-corrected chi connectivity index (χ0v) is 12.5. The molecule has 3 heteroatoms. The quantitative estimate of drug-likeness (QED) is 0.850. The van der Waals surface area contributed by atoms with Crippen molar-refractivity contribution in [1.29, 1.82) is 0 Å². The number of nitrogens with one attached hydrogen (secondary N) is 1. The van der Waals surface area contributed by atoms with E-state index >= 15 is 0 Å². The molecule has 1 heterocycles. The standard InChI is InChI=1S/C16H28N2O/c1-3-14-17-16(9-4-5-10-16)15(19)18(14)11-13-8-6-7-12(13)2/h12-14,17H,3-11H2,1-2H3. The molecule has 0 aromatic rings. The summed E-state index contributed by atoms with van der Waals surface area (Å²) in [6, 6.07) is 0. The summed E-state index contributed by atoms with van der Waals surface area (Å²) in [5, 5.41) is 3.68. The van der Waals surface area contributed by atoms with E-state index in [2.05, 4.69) is 24.1 Å². The number of nitrogens with zero attached hydrogens (tertiary/aromatic N) is 1. The summed E-state index contributed by atoms with van der Waals surface area (Å²) >= 11 is 0. The first kappa shape index (κ1) is 13.4. The SMILES string of the molecule is CCC1NC2(CCCC2)C(=O)N1CC1CCCC1C. The molecule has 1 aliphatic heterocycles. The van der Waals surface area contributed by atoms with Gasteiger partial charge in [-0.2, -0.15) is 0 Å². The number of hydrogen-bond acceptors (Lipinski definition) is 2. The monoisotopic (exact) mass is 264 g/mol. The first-order valence-corrected chi connectivity index (χ1v) is 8.25. The van der Waals surface area contributed by atoms with Crippen LogP contribution in [0.1, 0.15) is 65.2 Å². The first-order valence-electron chi connectivity index (χ1n) is 8.25. The van der Waals surface area contributed by atoms with Gasteiger partial charge < -0.3 is 4.90 Å². The third-order valence-electron chi connectivity index (χ3n) is 5.80. The Hall–Kier alpha value is -0.570. The van der Waals surface area contributed by atoms with E-state index in [4.69, 9.17) is 0 Å². The predicted octanol–water partition coefficient (Wildman–Crippen LogP) is 2.90. The maximum Gasteiger partial charge on any atom is 0.244 e. The lowest BCUT2D eigenvalue weighted by Crippen LogP contribution is -2.44. The molecule has 1 amide bonds. The number of hydrogen-bond donors (Lipinski definition) is 1. The lowest BCUT2D eigenvalue weighted by molar-refractivity contribution is -0.133. The number of carbonyl (C=O) groups is 1. The van der Waals surface area contributed by atoms with Crippen LogP contribution in [0.3, 0.4) is 0 Å². The molecule has 3 unspecified atom stereocenters. The van der Waals surface area contributed by atoms with Crippen LogP contribution in [-0.2, 0) is 4.79 Å². The van der Waals surface area contributed by atoms with Crippen LogP contribution in [0.4, 0.5) is 0 Å². The van der Waals surface area contributed by atoms with Gasteiger partial charge in [-0.05, 0) is 37.5 Å². The highest BCUT2D eigenvalue weighted by atomic mass is 16.2. The maximum atomic E-state index is 12.9. The summed E-state index contributed by atoms with van der Waals surface area (Å²) in [6.45, 7) is 5.55. The fourth-order valence-corrected chi connectivity index (χ4v) is 4.49. The minimum absolute atomic E-state index is 0.178. The van der Waals surface area contributed by atoms with E-state index in [0.29, 0.717) is 12.1 Å². The molecular weight excluding hydrogens is 236 g/mol. The Morgan fingerprint density at radius 3 is 2.58 bits per heavy atom. The molecule has 1 saturated heterocycles. The predicted molar refractivity (Wildman–Crippen MR) is 76.6 cm³/mol. The third-order valence-corrected chi connectivity index (χ3v) is 5.80. The highest BCUT2D eigenvalue weighted by molar-refractivity contribution is 5.89. The molecule has 2 aliphatic carbocycles. The van der Waals surface area contributed by atoms with Crippen molar-refractivity contribution in [3.63, 3.8) is 0 Å². The molecule has 1 spiro atoms. The topological polar surface area (TPSA) is 32.3 Å². The zero-order valence-electron chi connectivity index (χ0n) is 12.5. The van der Waals surface area contributed by atoms with Gasteiger partial charge in [-0.15, -0.1) is 0 Å². The van der Waals surface area contributed by atoms with Crippen molar-refractivity contribution in [1.82, 2.24) is 10.2 Å². The van der Waals surface area contributed by atoms with E-state index in [0.717, 1.165) is 37.6 Å². The van der Waals surface area contributed by atoms with Gasteiger partial charge >= 0.3 is 0 Å². The van der Waals surface area contributed by atoms with E-state index in [1.807, 2.05) is 0 Å². The smallest absolute Gasteiger partial charge is 0.244 e. The Morgan fingerprint density at radius 1 is 1.26 bits per heavy atom. The molecule has 3 aliphatic rings. The van der Waals surface area contributed by atoms with E-state index in [9.17, 15) is 4.79 Å². The number of amides is 1. The highest BCUT2D eigenvalue weighted by Gasteiger charge is 2.52. The van der Waals surface area contributed by atoms with Crippen molar-refractivity contribution in [3.05, 3.63) is 0 Å². The fourth-order valence-electron chi connectivity index (χ4n) is 4.49. The molecule has 3 nitrogen and oxygen atoms in total. The molecule has 0 radical (unpaired) electrons. The summed E-state index contributed by atoms with van der Waals surface area (Å²) in [4.78, 5) is 15.0. The molecule has 3 fully saturated rings. The Morgan fingerprint density at radius 2 is 2.00 bits per heavy atom. The molecule has 3 atom stereocenters. The second-order valence-corrected chi connectivity index (χ2v) is 6.98. The van der Waals surface area contributed by atoms with Crippen molar-refractivity contribution in [2.24, 2.45) is 11.8 Å². The van der Waals surface area contributed by atoms with E-state index < -0.39 is 0 Å². The van der Waals surface area contributed by atoms with Crippen LogP contribution < -0.4 is 5.32 Å². The highest BCUT2D eigenvalue weighted by Crippen LogP contribution is 2.39. The first-order chi connectivity index (χ1) is 9.16. The summed E-state index contributed by atoms with van der Waals surface area (Å²) in [5.74, 6) is 1.94. The lowest BCUT2D eigenvalue weighted by atomic mass is 9.95. The van der Waals surface area contributed by atoms with Gasteiger partial charge in [0.15, 0.2) is 0 Å². The normalized spacial score (nSPS) is 37.7. The zero-order chi connectivity index (χ0) is 13.5. The van der Waals surface area contributed by atoms with Crippen molar-refractivity contribution in [2.45, 2.75) is 76.9 Å². The Bertz CT molecular complexity index is 349. The van der Waals surface area contributed by atoms with E-state index in [-0.39, 0.29) is 5.54 Å². The summed E-state index contributed by atoms with van der Waals surface area (Å²) < 4.78 is 0. The van der Waals surface area contributed by atoms with Crippen LogP contribution >= 0.6 is 0 Å². The summed E-state index contributed by atoms with van der Waals surface area (Å²) in [7, 11) is 0. The van der Waals surface area contributed by atoms with Gasteiger partial charge in [-0.25, -0.2) is 0 Å². The Kier molecular flexibility index (Phi) is 3.59. The minimum atomic E-state index is -0.178. The maximum absolute atomic E-state index is 12.9. The molecule has 108 valence electrons. The number of rotatable bonds is 3. The fraction of sp³-hybridized carbons (Fsp3) is 0.938. The molecule has 3 rings (SSSR count). The second-order valence-electron chi connectivity index (χ2n) is 6.98. The number of carbonyl (C=O) groups excluding carboxylic acids is 1. The molecule has 0 bridgehead atoms. The van der Waals surface area contributed by atoms with Gasteiger partial charge in [0.1, 0.15) is 0 Å². The van der Waals surface area contributed by atoms with Crippen molar-refractivity contribution >= 4 is 5.91 Å². The molecule has 2 saturated carbocycles. The van der Waals surface area contributed by atoms with Crippen molar-refractivity contribution in [3.8, 4) is 0 Å². The largest absolute Gasteiger partial charge is 0.325 e. The Balaban J connectivity index is 1.73. The average molecular weight is 264 g/mol. The van der Waals surface area contributed by atoms with Crippen LogP contribution in [0.25, 0.3) is 0 Å². The van der Waals surface area contributed by atoms with Crippen LogP contribution in [0.15, 0.2) is 0 Å². The summed E-state index contributed by atoms with van der Waals surface area (Å²) in [6.07, 6.45) is 9.87.